The maximum absolute atomic E-state index is 2.53. The van der Waals surface area contributed by atoms with Crippen LogP contribution in [-0.2, 0) is 25.7 Å². The van der Waals surface area contributed by atoms with Crippen LogP contribution in [0.3, 0.4) is 0 Å². The lowest BCUT2D eigenvalue weighted by molar-refractivity contribution is 0.687. The standard InChI is InChI=1S/C70H51NS/c1-2-18-46(19-3-1)68-57-25-8-10-27-59(57)69(60-28-11-9-26-58(60)68)47-32-36-51(37-33-47)71-65-31-13-12-24-56(65)62-40-49(34-38-66(62)71)61-42-50(55-30-15-21-45-17-5-7-23-53(45)55)43-64-63-41-48(35-39-67(63)72-70(61)64)54-29-14-20-44-16-4-6-22-52(44)54/h1-3,8-15,18-21,24-43H,4-7,16-17,22-23H2. The Morgan fingerprint density at radius 1 is 0.306 bits per heavy atom. The molecule has 2 aromatic heterocycles. The van der Waals surface area contributed by atoms with Crippen LogP contribution in [-0.4, -0.2) is 4.57 Å². The van der Waals surface area contributed by atoms with Crippen molar-refractivity contribution < 1.29 is 0 Å². The predicted octanol–water partition coefficient (Wildman–Crippen LogP) is 19.6. The highest BCUT2D eigenvalue weighted by atomic mass is 32.1. The fraction of sp³-hybridized carbons (Fsp3) is 0.114. The molecule has 2 aliphatic carbocycles. The van der Waals surface area contributed by atoms with Gasteiger partial charge in [0.2, 0.25) is 0 Å². The van der Waals surface area contributed by atoms with Crippen molar-refractivity contribution in [2.45, 2.75) is 51.4 Å². The normalized spacial score (nSPS) is 13.7. The van der Waals surface area contributed by atoms with Crippen molar-refractivity contribution in [2.24, 2.45) is 0 Å². The summed E-state index contributed by atoms with van der Waals surface area (Å²) in [5, 5.41) is 10.4. The number of hydrogen-bond acceptors (Lipinski definition) is 1. The van der Waals surface area contributed by atoms with E-state index >= 15 is 0 Å². The molecule has 0 amide bonds. The van der Waals surface area contributed by atoms with Gasteiger partial charge in [-0.25, -0.2) is 0 Å². The molecule has 2 aliphatic rings. The van der Waals surface area contributed by atoms with E-state index in [1.54, 1.807) is 11.1 Å². The van der Waals surface area contributed by atoms with Gasteiger partial charge in [-0.05, 0) is 200 Å². The zero-order valence-electron chi connectivity index (χ0n) is 40.2. The number of fused-ring (bicyclic) bond motifs is 10. The number of aromatic nitrogens is 1. The van der Waals surface area contributed by atoms with Crippen molar-refractivity contribution in [2.75, 3.05) is 0 Å². The molecule has 0 atom stereocenters. The van der Waals surface area contributed by atoms with Crippen LogP contribution in [0.15, 0.2) is 212 Å². The van der Waals surface area contributed by atoms with E-state index in [0.29, 0.717) is 0 Å². The van der Waals surface area contributed by atoms with Crippen molar-refractivity contribution in [1.82, 2.24) is 4.57 Å². The first-order chi connectivity index (χ1) is 35.7. The molecule has 15 rings (SSSR count). The van der Waals surface area contributed by atoms with Crippen LogP contribution in [0.2, 0.25) is 0 Å². The molecule has 1 nitrogen and oxygen atoms in total. The summed E-state index contributed by atoms with van der Waals surface area (Å²) in [6, 6.07) is 80.7. The molecule has 0 bridgehead atoms. The summed E-state index contributed by atoms with van der Waals surface area (Å²) in [7, 11) is 0. The third-order valence-corrected chi connectivity index (χ3v) is 17.6. The molecular weight excluding hydrogens is 887 g/mol. The minimum Gasteiger partial charge on any atom is -0.309 e. The lowest BCUT2D eigenvalue weighted by Gasteiger charge is -2.20. The van der Waals surface area contributed by atoms with E-state index in [-0.39, 0.29) is 0 Å². The lowest BCUT2D eigenvalue weighted by atomic mass is 9.84. The first-order valence-electron chi connectivity index (χ1n) is 26.1. The third kappa shape index (κ3) is 6.59. The molecule has 0 fully saturated rings. The smallest absolute Gasteiger partial charge is 0.0541 e. The van der Waals surface area contributed by atoms with Gasteiger partial charge in [-0.3, -0.25) is 0 Å². The molecule has 0 saturated carbocycles. The minimum atomic E-state index is 1.15. The molecule has 0 unspecified atom stereocenters. The van der Waals surface area contributed by atoms with Crippen LogP contribution >= 0.6 is 11.3 Å². The number of rotatable bonds is 6. The highest BCUT2D eigenvalue weighted by Gasteiger charge is 2.22. The van der Waals surface area contributed by atoms with Gasteiger partial charge in [-0.2, -0.15) is 0 Å². The quantitative estimate of drug-likeness (QED) is 0.146. The molecule has 342 valence electrons. The van der Waals surface area contributed by atoms with Gasteiger partial charge in [-0.15, -0.1) is 11.3 Å². The molecule has 0 spiro atoms. The summed E-state index contributed by atoms with van der Waals surface area (Å²) in [6.45, 7) is 0. The van der Waals surface area contributed by atoms with Crippen LogP contribution in [0.1, 0.15) is 47.9 Å². The summed E-state index contributed by atoms with van der Waals surface area (Å²) in [5.41, 5.74) is 22.8. The molecule has 13 aromatic rings. The van der Waals surface area contributed by atoms with Crippen LogP contribution in [0.5, 0.6) is 0 Å². The Morgan fingerprint density at radius 3 is 1.47 bits per heavy atom. The maximum Gasteiger partial charge on any atom is 0.0541 e. The zero-order chi connectivity index (χ0) is 47.3. The van der Waals surface area contributed by atoms with Gasteiger partial charge in [0.1, 0.15) is 0 Å². The van der Waals surface area contributed by atoms with E-state index in [0.717, 1.165) is 12.1 Å². The number of thiophene rings is 1. The van der Waals surface area contributed by atoms with Gasteiger partial charge >= 0.3 is 0 Å². The second kappa shape index (κ2) is 16.8. The van der Waals surface area contributed by atoms with Crippen LogP contribution in [0.25, 0.3) is 125 Å². The van der Waals surface area contributed by atoms with E-state index in [1.807, 2.05) is 11.3 Å². The number of para-hydroxylation sites is 1. The lowest BCUT2D eigenvalue weighted by Crippen LogP contribution is -2.04. The Kier molecular flexibility index (Phi) is 9.73. The van der Waals surface area contributed by atoms with Crippen LogP contribution in [0, 0.1) is 0 Å². The zero-order valence-corrected chi connectivity index (χ0v) is 41.0. The maximum atomic E-state index is 2.53. The molecule has 11 aromatic carbocycles. The van der Waals surface area contributed by atoms with E-state index in [2.05, 4.69) is 217 Å². The molecule has 0 N–H and O–H groups in total. The van der Waals surface area contributed by atoms with Gasteiger partial charge in [-0.1, -0.05) is 158 Å². The molecule has 2 heterocycles. The molecular formula is C70H51NS. The molecule has 72 heavy (non-hydrogen) atoms. The number of hydrogen-bond donors (Lipinski definition) is 0. The first-order valence-corrected chi connectivity index (χ1v) is 26.9. The first kappa shape index (κ1) is 41.7. The van der Waals surface area contributed by atoms with Gasteiger partial charge < -0.3 is 4.57 Å². The molecule has 0 saturated heterocycles. The van der Waals surface area contributed by atoms with Crippen molar-refractivity contribution >= 4 is 74.9 Å². The Labute approximate surface area is 424 Å². The SMILES string of the molecule is c1ccc(-c2c3ccccc3c(-c3ccc(-n4c5ccccc5c5cc(-c6cc(-c7cccc8c7CCCC8)cc7c6sc6ccc(-c8cccc9c8CCCC9)cc67)ccc54)cc3)c3ccccc23)cc1. The van der Waals surface area contributed by atoms with Crippen molar-refractivity contribution in [3.63, 3.8) is 0 Å². The Hall–Kier alpha value is -8.04. The van der Waals surface area contributed by atoms with Crippen LogP contribution < -0.4 is 0 Å². The summed E-state index contributed by atoms with van der Waals surface area (Å²) in [6.07, 6.45) is 9.77. The predicted molar refractivity (Wildman–Crippen MR) is 309 cm³/mol. The average Bonchev–Trinajstić information content (AvgIpc) is 3.99. The van der Waals surface area contributed by atoms with E-state index in [9.17, 15) is 0 Å². The minimum absolute atomic E-state index is 1.15. The summed E-state index contributed by atoms with van der Waals surface area (Å²) >= 11 is 1.95. The number of nitrogens with zero attached hydrogens (tertiary/aromatic N) is 1. The Morgan fingerprint density at radius 2 is 0.806 bits per heavy atom. The Bertz CT molecular complexity index is 4260. The van der Waals surface area contributed by atoms with Gasteiger partial charge in [0.05, 0.1) is 11.0 Å². The van der Waals surface area contributed by atoms with Crippen molar-refractivity contribution in [3.05, 3.63) is 235 Å². The van der Waals surface area contributed by atoms with Crippen LogP contribution in [0.4, 0.5) is 0 Å². The Balaban J connectivity index is 0.895. The molecule has 0 radical (unpaired) electrons. The average molecular weight is 938 g/mol. The fourth-order valence-electron chi connectivity index (χ4n) is 13.1. The molecule has 2 heteroatoms. The van der Waals surface area contributed by atoms with E-state index in [4.69, 9.17) is 0 Å². The van der Waals surface area contributed by atoms with Crippen molar-refractivity contribution in [3.8, 4) is 61.3 Å². The van der Waals surface area contributed by atoms with E-state index < -0.39 is 0 Å². The summed E-state index contributed by atoms with van der Waals surface area (Å²) in [4.78, 5) is 0. The highest BCUT2D eigenvalue weighted by molar-refractivity contribution is 7.26. The number of aryl methyl sites for hydroxylation is 2. The monoisotopic (exact) mass is 937 g/mol. The van der Waals surface area contributed by atoms with Gasteiger partial charge in [0.25, 0.3) is 0 Å². The van der Waals surface area contributed by atoms with Crippen molar-refractivity contribution in [1.29, 1.82) is 0 Å². The number of benzene rings is 11. The van der Waals surface area contributed by atoms with Gasteiger partial charge in [0, 0.05) is 42.2 Å². The second-order valence-electron chi connectivity index (χ2n) is 20.4. The fourth-order valence-corrected chi connectivity index (χ4v) is 14.3. The second-order valence-corrected chi connectivity index (χ2v) is 21.4. The summed E-state index contributed by atoms with van der Waals surface area (Å²) < 4.78 is 5.18. The topological polar surface area (TPSA) is 4.93 Å². The van der Waals surface area contributed by atoms with Gasteiger partial charge in [0.15, 0.2) is 0 Å². The van der Waals surface area contributed by atoms with E-state index in [1.165, 1.54) is 175 Å². The highest BCUT2D eigenvalue weighted by Crippen LogP contribution is 2.48. The largest absolute Gasteiger partial charge is 0.309 e. The summed E-state index contributed by atoms with van der Waals surface area (Å²) in [5.74, 6) is 0. The molecule has 0 aliphatic heterocycles. The third-order valence-electron chi connectivity index (χ3n) is 16.4.